The quantitative estimate of drug-likeness (QED) is 0.905. The van der Waals surface area contributed by atoms with E-state index in [1.54, 1.807) is 0 Å². The molecule has 0 aliphatic heterocycles. The molecule has 4 heteroatoms. The van der Waals surface area contributed by atoms with Gasteiger partial charge in [-0.1, -0.05) is 20.8 Å². The molecule has 0 radical (unpaired) electrons. The van der Waals surface area contributed by atoms with Gasteiger partial charge in [0.05, 0.1) is 12.0 Å². The van der Waals surface area contributed by atoms with E-state index in [2.05, 4.69) is 60.4 Å². The monoisotopic (exact) mass is 246 g/mol. The third-order valence-electron chi connectivity index (χ3n) is 3.26. The highest BCUT2D eigenvalue weighted by Gasteiger charge is 2.23. The molecule has 0 spiro atoms. The van der Waals surface area contributed by atoms with E-state index >= 15 is 0 Å². The smallest absolute Gasteiger partial charge is 0.0951 e. The zero-order chi connectivity index (χ0) is 13.4. The molecule has 0 atom stereocenters. The van der Waals surface area contributed by atoms with Crippen molar-refractivity contribution >= 4 is 0 Å². The maximum atomic E-state index is 4.42. The van der Waals surface area contributed by atoms with E-state index < -0.39 is 0 Å². The lowest BCUT2D eigenvalue weighted by Crippen LogP contribution is -2.27. The van der Waals surface area contributed by atoms with E-state index in [0.717, 1.165) is 12.1 Å². The van der Waals surface area contributed by atoms with Crippen molar-refractivity contribution in [2.24, 2.45) is 0 Å². The van der Waals surface area contributed by atoms with Crippen molar-refractivity contribution in [3.05, 3.63) is 36.2 Å². The van der Waals surface area contributed by atoms with Gasteiger partial charge < -0.3 is 4.57 Å². The van der Waals surface area contributed by atoms with Gasteiger partial charge in [0.1, 0.15) is 0 Å². The SMILES string of the molecule is CC(C)(C)c1cc(CC(C)(C)n2ccnc2)n[nH]1. The molecule has 0 bridgehead atoms. The van der Waals surface area contributed by atoms with Crippen molar-refractivity contribution in [1.82, 2.24) is 19.7 Å². The summed E-state index contributed by atoms with van der Waals surface area (Å²) in [6.07, 6.45) is 6.55. The summed E-state index contributed by atoms with van der Waals surface area (Å²) < 4.78 is 2.12. The molecule has 18 heavy (non-hydrogen) atoms. The summed E-state index contributed by atoms with van der Waals surface area (Å²) in [6, 6.07) is 2.17. The van der Waals surface area contributed by atoms with Crippen LogP contribution < -0.4 is 0 Å². The first-order valence-electron chi connectivity index (χ1n) is 6.32. The Labute approximate surface area is 108 Å². The van der Waals surface area contributed by atoms with E-state index in [1.807, 2.05) is 18.7 Å². The van der Waals surface area contributed by atoms with Crippen LogP contribution in [0.3, 0.4) is 0 Å². The van der Waals surface area contributed by atoms with Crippen LogP contribution in [0.4, 0.5) is 0 Å². The fourth-order valence-corrected chi connectivity index (χ4v) is 1.99. The summed E-state index contributed by atoms with van der Waals surface area (Å²) >= 11 is 0. The maximum absolute atomic E-state index is 4.42. The van der Waals surface area contributed by atoms with E-state index in [-0.39, 0.29) is 11.0 Å². The van der Waals surface area contributed by atoms with Crippen LogP contribution in [-0.2, 0) is 17.4 Å². The van der Waals surface area contributed by atoms with Crippen molar-refractivity contribution < 1.29 is 0 Å². The van der Waals surface area contributed by atoms with Gasteiger partial charge in [0.2, 0.25) is 0 Å². The average molecular weight is 246 g/mol. The summed E-state index contributed by atoms with van der Waals surface area (Å²) in [7, 11) is 0. The molecule has 1 N–H and O–H groups in total. The van der Waals surface area contributed by atoms with E-state index in [0.29, 0.717) is 0 Å². The molecule has 2 heterocycles. The van der Waals surface area contributed by atoms with Gasteiger partial charge in [-0.15, -0.1) is 0 Å². The van der Waals surface area contributed by atoms with Gasteiger partial charge in [0, 0.05) is 35.5 Å². The minimum atomic E-state index is -0.0130. The Kier molecular flexibility index (Phi) is 3.05. The van der Waals surface area contributed by atoms with Crippen LogP contribution in [0.15, 0.2) is 24.8 Å². The maximum Gasteiger partial charge on any atom is 0.0951 e. The van der Waals surface area contributed by atoms with Crippen LogP contribution in [0, 0.1) is 0 Å². The van der Waals surface area contributed by atoms with Crippen molar-refractivity contribution in [2.75, 3.05) is 0 Å². The summed E-state index contributed by atoms with van der Waals surface area (Å²) in [5.41, 5.74) is 2.38. The third kappa shape index (κ3) is 2.63. The molecule has 0 aliphatic rings. The Morgan fingerprint density at radius 1 is 1.22 bits per heavy atom. The number of aromatic nitrogens is 4. The third-order valence-corrected chi connectivity index (χ3v) is 3.26. The number of H-pyrrole nitrogens is 1. The zero-order valence-corrected chi connectivity index (χ0v) is 11.9. The van der Waals surface area contributed by atoms with E-state index in [1.165, 1.54) is 5.69 Å². The predicted molar refractivity (Wildman–Crippen MR) is 72.5 cm³/mol. The number of nitrogens with zero attached hydrogens (tertiary/aromatic N) is 3. The topological polar surface area (TPSA) is 46.5 Å². The Morgan fingerprint density at radius 2 is 1.94 bits per heavy atom. The minimum Gasteiger partial charge on any atom is -0.332 e. The van der Waals surface area contributed by atoms with Crippen molar-refractivity contribution in [2.45, 2.75) is 52.0 Å². The summed E-state index contributed by atoms with van der Waals surface area (Å²) in [5.74, 6) is 0. The van der Waals surface area contributed by atoms with Crippen LogP contribution in [0.2, 0.25) is 0 Å². The normalized spacial score (nSPS) is 12.9. The number of nitrogens with one attached hydrogen (secondary N) is 1. The molecule has 98 valence electrons. The van der Waals surface area contributed by atoms with Gasteiger partial charge in [-0.25, -0.2) is 4.98 Å². The first-order valence-corrected chi connectivity index (χ1v) is 6.32. The predicted octanol–water partition coefficient (Wildman–Crippen LogP) is 2.88. The van der Waals surface area contributed by atoms with Crippen molar-refractivity contribution in [1.29, 1.82) is 0 Å². The largest absolute Gasteiger partial charge is 0.332 e. The zero-order valence-electron chi connectivity index (χ0n) is 11.9. The highest BCUT2D eigenvalue weighted by atomic mass is 15.1. The molecule has 4 nitrogen and oxygen atoms in total. The van der Waals surface area contributed by atoms with Crippen LogP contribution in [0.1, 0.15) is 46.0 Å². The lowest BCUT2D eigenvalue weighted by molar-refractivity contribution is 0.348. The van der Waals surface area contributed by atoms with Gasteiger partial charge in [-0.05, 0) is 19.9 Å². The first-order chi connectivity index (χ1) is 8.29. The van der Waals surface area contributed by atoms with Gasteiger partial charge in [0.15, 0.2) is 0 Å². The molecule has 0 fully saturated rings. The standard InChI is InChI=1S/C14H22N4/c1-13(2,3)12-8-11(16-17-12)9-14(4,5)18-7-6-15-10-18/h6-8,10H,9H2,1-5H3,(H,16,17). The summed E-state index contributed by atoms with van der Waals surface area (Å²) in [5, 5.41) is 7.56. The second-order valence-corrected chi connectivity index (χ2v) is 6.48. The Morgan fingerprint density at radius 3 is 2.44 bits per heavy atom. The lowest BCUT2D eigenvalue weighted by Gasteiger charge is -2.25. The van der Waals surface area contributed by atoms with E-state index in [9.17, 15) is 0 Å². The number of aromatic amines is 1. The fourth-order valence-electron chi connectivity index (χ4n) is 1.99. The second kappa shape index (κ2) is 4.26. The second-order valence-electron chi connectivity index (χ2n) is 6.48. The first kappa shape index (κ1) is 12.9. The molecule has 2 aromatic rings. The van der Waals surface area contributed by atoms with Gasteiger partial charge in [0.25, 0.3) is 0 Å². The Hall–Kier alpha value is -1.58. The molecule has 0 amide bonds. The van der Waals surface area contributed by atoms with Crippen molar-refractivity contribution in [3.8, 4) is 0 Å². The molecule has 0 aromatic carbocycles. The molecular weight excluding hydrogens is 224 g/mol. The minimum absolute atomic E-state index is 0.0130. The average Bonchev–Trinajstić information content (AvgIpc) is 2.83. The lowest BCUT2D eigenvalue weighted by atomic mass is 9.91. The number of hydrogen-bond donors (Lipinski definition) is 1. The van der Waals surface area contributed by atoms with Crippen molar-refractivity contribution in [3.63, 3.8) is 0 Å². The molecule has 0 unspecified atom stereocenters. The summed E-state index contributed by atoms with van der Waals surface area (Å²) in [6.45, 7) is 10.9. The highest BCUT2D eigenvalue weighted by molar-refractivity contribution is 5.17. The van der Waals surface area contributed by atoms with Crippen LogP contribution in [0.5, 0.6) is 0 Å². The Bertz CT molecular complexity index is 500. The van der Waals surface area contributed by atoms with Crippen LogP contribution in [-0.4, -0.2) is 19.7 Å². The van der Waals surface area contributed by atoms with Crippen LogP contribution >= 0.6 is 0 Å². The molecule has 0 saturated carbocycles. The van der Waals surface area contributed by atoms with Gasteiger partial charge >= 0.3 is 0 Å². The number of hydrogen-bond acceptors (Lipinski definition) is 2. The van der Waals surface area contributed by atoms with Crippen LogP contribution in [0.25, 0.3) is 0 Å². The van der Waals surface area contributed by atoms with E-state index in [4.69, 9.17) is 0 Å². The molecule has 0 saturated heterocycles. The Balaban J connectivity index is 2.17. The number of rotatable bonds is 3. The fraction of sp³-hybridized carbons (Fsp3) is 0.571. The summed E-state index contributed by atoms with van der Waals surface area (Å²) in [4.78, 5) is 4.11. The molecule has 2 aromatic heterocycles. The molecule has 0 aliphatic carbocycles. The van der Waals surface area contributed by atoms with Gasteiger partial charge in [-0.2, -0.15) is 5.10 Å². The molecular formula is C14H22N4. The van der Waals surface area contributed by atoms with Gasteiger partial charge in [-0.3, -0.25) is 5.10 Å². The highest BCUT2D eigenvalue weighted by Crippen LogP contribution is 2.24. The molecule has 2 rings (SSSR count). The number of imidazole rings is 1.